The van der Waals surface area contributed by atoms with Crippen molar-refractivity contribution < 1.29 is 10.9 Å². The Morgan fingerprint density at radius 1 is 1.61 bits per heavy atom. The van der Waals surface area contributed by atoms with E-state index in [1.54, 1.807) is 0 Å². The highest BCUT2D eigenvalue weighted by molar-refractivity contribution is 4.83. The molecule has 1 aliphatic heterocycles. The van der Waals surface area contributed by atoms with Gasteiger partial charge in [0.25, 0.3) is 0 Å². The lowest BCUT2D eigenvalue weighted by Crippen LogP contribution is -2.44. The average Bonchev–Trinajstić information content (AvgIpc) is 2.34. The Morgan fingerprint density at radius 2 is 2.44 bits per heavy atom. The molecule has 0 amide bonds. The van der Waals surface area contributed by atoms with Gasteiger partial charge in [0.15, 0.2) is 0 Å². The highest BCUT2D eigenvalue weighted by atomic mass is 16.5. The second-order valence-corrected chi connectivity index (χ2v) is 4.93. The molecule has 0 aromatic carbocycles. The molecule has 1 atom stereocenters. The number of hydrogen-bond donors (Lipinski definition) is 1. The van der Waals surface area contributed by atoms with E-state index < -0.39 is 0 Å². The number of allylic oxidation sites excluding steroid dienone is 1. The van der Waals surface area contributed by atoms with Crippen molar-refractivity contribution in [3.8, 4) is 0 Å². The van der Waals surface area contributed by atoms with Gasteiger partial charge >= 0.3 is 0 Å². The van der Waals surface area contributed by atoms with Gasteiger partial charge in [-0.15, -0.1) is 0 Å². The standard InChI is InChI=1S/C14H28N2O2.H2/c1-4-7-16-8-10-18-14(11-16)12-17-9-5-6-15-13(2)3;/h14-15H,2,4-12H2,1,3H3;1H/t14-;/m0./s1. The lowest BCUT2D eigenvalue weighted by molar-refractivity contribution is -0.0690. The Balaban J connectivity index is 0.00000324. The lowest BCUT2D eigenvalue weighted by Gasteiger charge is -2.32. The normalized spacial score (nSPS) is 20.9. The first kappa shape index (κ1) is 15.5. The molecule has 4 heteroatoms. The smallest absolute Gasteiger partial charge is 0.0935 e. The summed E-state index contributed by atoms with van der Waals surface area (Å²) >= 11 is 0. The minimum atomic E-state index is 0. The second kappa shape index (κ2) is 9.36. The van der Waals surface area contributed by atoms with Gasteiger partial charge in [-0.05, 0) is 26.3 Å². The fourth-order valence-corrected chi connectivity index (χ4v) is 2.09. The predicted octanol–water partition coefficient (Wildman–Crippen LogP) is 1.87. The third-order valence-electron chi connectivity index (χ3n) is 2.96. The summed E-state index contributed by atoms with van der Waals surface area (Å²) in [6, 6.07) is 0. The van der Waals surface area contributed by atoms with Gasteiger partial charge in [0.1, 0.15) is 0 Å². The topological polar surface area (TPSA) is 33.7 Å². The van der Waals surface area contributed by atoms with Crippen LogP contribution in [0.2, 0.25) is 0 Å². The number of nitrogens with one attached hydrogen (secondary N) is 1. The SMILES string of the molecule is C=C(C)NCCCOC[C@@H]1CN(CCC)CCO1.[HH]. The quantitative estimate of drug-likeness (QED) is 0.640. The lowest BCUT2D eigenvalue weighted by atomic mass is 10.2. The molecule has 1 aliphatic rings. The monoisotopic (exact) mass is 258 g/mol. The molecular weight excluding hydrogens is 228 g/mol. The molecule has 0 spiro atoms. The number of nitrogens with zero attached hydrogens (tertiary/aromatic N) is 1. The van der Waals surface area contributed by atoms with Gasteiger partial charge in [0.05, 0.1) is 19.3 Å². The molecule has 18 heavy (non-hydrogen) atoms. The zero-order chi connectivity index (χ0) is 13.2. The van der Waals surface area contributed by atoms with Crippen molar-refractivity contribution >= 4 is 0 Å². The van der Waals surface area contributed by atoms with Gasteiger partial charge in [-0.1, -0.05) is 13.5 Å². The van der Waals surface area contributed by atoms with E-state index in [2.05, 4.69) is 23.7 Å². The molecule has 1 rings (SSSR count). The van der Waals surface area contributed by atoms with Crippen LogP contribution in [0.15, 0.2) is 12.3 Å². The van der Waals surface area contributed by atoms with Crippen LogP contribution in [-0.4, -0.2) is 57.0 Å². The summed E-state index contributed by atoms with van der Waals surface area (Å²) in [4.78, 5) is 2.46. The first-order chi connectivity index (χ1) is 8.72. The number of rotatable bonds is 9. The Kier molecular flexibility index (Phi) is 8.05. The molecule has 4 nitrogen and oxygen atoms in total. The maximum atomic E-state index is 5.70. The molecule has 108 valence electrons. The van der Waals surface area contributed by atoms with Crippen LogP contribution in [-0.2, 0) is 9.47 Å². The fraction of sp³-hybridized carbons (Fsp3) is 0.857. The Bertz CT molecular complexity index is 237. The van der Waals surface area contributed by atoms with Gasteiger partial charge in [-0.25, -0.2) is 0 Å². The van der Waals surface area contributed by atoms with E-state index in [0.717, 1.165) is 45.0 Å². The summed E-state index contributed by atoms with van der Waals surface area (Å²) in [5.41, 5.74) is 1.01. The van der Waals surface area contributed by atoms with Crippen LogP contribution in [0.1, 0.15) is 28.1 Å². The fourth-order valence-electron chi connectivity index (χ4n) is 2.09. The first-order valence-electron chi connectivity index (χ1n) is 7.03. The second-order valence-electron chi connectivity index (χ2n) is 4.93. The minimum absolute atomic E-state index is 0. The van der Waals surface area contributed by atoms with E-state index in [1.807, 2.05) is 6.92 Å². The minimum Gasteiger partial charge on any atom is -0.389 e. The summed E-state index contributed by atoms with van der Waals surface area (Å²) in [5, 5.41) is 3.19. The zero-order valence-electron chi connectivity index (χ0n) is 11.9. The summed E-state index contributed by atoms with van der Waals surface area (Å²) in [6.45, 7) is 14.5. The molecule has 1 N–H and O–H groups in total. The predicted molar refractivity (Wildman–Crippen MR) is 76.8 cm³/mol. The van der Waals surface area contributed by atoms with E-state index in [1.165, 1.54) is 13.0 Å². The molecule has 0 radical (unpaired) electrons. The van der Waals surface area contributed by atoms with Crippen LogP contribution in [0, 0.1) is 0 Å². The summed E-state index contributed by atoms with van der Waals surface area (Å²) in [5.74, 6) is 0. The summed E-state index contributed by atoms with van der Waals surface area (Å²) < 4.78 is 11.4. The van der Waals surface area contributed by atoms with Crippen molar-refractivity contribution in [1.29, 1.82) is 0 Å². The van der Waals surface area contributed by atoms with E-state index in [0.29, 0.717) is 6.61 Å². The molecule has 1 fully saturated rings. The Hall–Kier alpha value is -0.580. The number of ether oxygens (including phenoxy) is 2. The largest absolute Gasteiger partial charge is 0.389 e. The molecule has 0 saturated carbocycles. The Labute approximate surface area is 113 Å². The summed E-state index contributed by atoms with van der Waals surface area (Å²) in [6.07, 6.45) is 2.47. The molecule has 1 saturated heterocycles. The van der Waals surface area contributed by atoms with Gasteiger partial charge in [0, 0.05) is 33.4 Å². The maximum Gasteiger partial charge on any atom is 0.0935 e. The molecule has 0 aromatic rings. The molecule has 0 unspecified atom stereocenters. The van der Waals surface area contributed by atoms with E-state index in [-0.39, 0.29) is 7.53 Å². The third-order valence-corrected chi connectivity index (χ3v) is 2.96. The highest BCUT2D eigenvalue weighted by Crippen LogP contribution is 2.06. The molecular formula is C14H30N2O2. The molecule has 0 aliphatic carbocycles. The number of hydrogen-bond acceptors (Lipinski definition) is 4. The molecule has 0 bridgehead atoms. The van der Waals surface area contributed by atoms with Crippen LogP contribution in [0.3, 0.4) is 0 Å². The van der Waals surface area contributed by atoms with Crippen molar-refractivity contribution in [3.63, 3.8) is 0 Å². The van der Waals surface area contributed by atoms with Crippen LogP contribution >= 0.6 is 0 Å². The molecule has 1 heterocycles. The van der Waals surface area contributed by atoms with Crippen molar-refractivity contribution in [2.24, 2.45) is 0 Å². The third kappa shape index (κ3) is 6.99. The molecule has 0 aromatic heterocycles. The van der Waals surface area contributed by atoms with E-state index in [4.69, 9.17) is 9.47 Å². The van der Waals surface area contributed by atoms with Crippen molar-refractivity contribution in [3.05, 3.63) is 12.3 Å². The van der Waals surface area contributed by atoms with Gasteiger partial charge in [0.2, 0.25) is 0 Å². The summed E-state index contributed by atoms with van der Waals surface area (Å²) in [7, 11) is 0. The Morgan fingerprint density at radius 3 is 3.17 bits per heavy atom. The van der Waals surface area contributed by atoms with Crippen LogP contribution < -0.4 is 5.32 Å². The zero-order valence-corrected chi connectivity index (χ0v) is 11.9. The average molecular weight is 258 g/mol. The van der Waals surface area contributed by atoms with Crippen molar-refractivity contribution in [2.75, 3.05) is 46.0 Å². The van der Waals surface area contributed by atoms with Gasteiger partial charge in [-0.3, -0.25) is 4.90 Å². The van der Waals surface area contributed by atoms with Gasteiger partial charge < -0.3 is 14.8 Å². The maximum absolute atomic E-state index is 5.70. The van der Waals surface area contributed by atoms with Crippen molar-refractivity contribution in [1.82, 2.24) is 10.2 Å². The van der Waals surface area contributed by atoms with E-state index in [9.17, 15) is 0 Å². The van der Waals surface area contributed by atoms with Crippen LogP contribution in [0.5, 0.6) is 0 Å². The van der Waals surface area contributed by atoms with Crippen molar-refractivity contribution in [2.45, 2.75) is 32.8 Å². The first-order valence-corrected chi connectivity index (χ1v) is 7.03. The highest BCUT2D eigenvalue weighted by Gasteiger charge is 2.19. The van der Waals surface area contributed by atoms with Crippen LogP contribution in [0.25, 0.3) is 0 Å². The van der Waals surface area contributed by atoms with Crippen LogP contribution in [0.4, 0.5) is 0 Å². The van der Waals surface area contributed by atoms with E-state index >= 15 is 0 Å². The van der Waals surface area contributed by atoms with Gasteiger partial charge in [-0.2, -0.15) is 0 Å². The number of morpholine rings is 1.